The lowest BCUT2D eigenvalue weighted by atomic mass is 9.93. The Hall–Kier alpha value is -2.33. The third kappa shape index (κ3) is 4.01. The molecule has 1 unspecified atom stereocenters. The minimum atomic E-state index is 0.139. The highest BCUT2D eigenvalue weighted by atomic mass is 32.2. The second-order valence-electron chi connectivity index (χ2n) is 6.96. The van der Waals surface area contributed by atoms with Crippen LogP contribution in [0.25, 0.3) is 10.9 Å². The van der Waals surface area contributed by atoms with Crippen LogP contribution in [-0.2, 0) is 6.61 Å². The van der Waals surface area contributed by atoms with Crippen LogP contribution >= 0.6 is 11.8 Å². The largest absolute Gasteiger partial charge is 0.487 e. The number of nitrogens with zero attached hydrogens (tertiary/aromatic N) is 1. The molecule has 0 saturated heterocycles. The summed E-state index contributed by atoms with van der Waals surface area (Å²) in [6.07, 6.45) is 3.22. The Kier molecular flexibility index (Phi) is 5.44. The Balaban J connectivity index is 1.48. The van der Waals surface area contributed by atoms with Crippen molar-refractivity contribution in [2.45, 2.75) is 37.7 Å². The molecule has 0 aliphatic carbocycles. The van der Waals surface area contributed by atoms with Gasteiger partial charge in [-0.2, -0.15) is 0 Å². The first-order valence-corrected chi connectivity index (χ1v) is 10.5. The molecule has 1 atom stereocenters. The summed E-state index contributed by atoms with van der Waals surface area (Å²) >= 11 is 1.79. The second-order valence-corrected chi connectivity index (χ2v) is 8.02. The third-order valence-electron chi connectivity index (χ3n) is 4.98. The normalized spacial score (nSPS) is 16.3. The van der Waals surface area contributed by atoms with Gasteiger partial charge in [-0.05, 0) is 36.8 Å². The number of carbonyl (C=O) groups is 1. The van der Waals surface area contributed by atoms with Crippen molar-refractivity contribution in [3.63, 3.8) is 0 Å². The van der Waals surface area contributed by atoms with Crippen molar-refractivity contribution in [1.29, 1.82) is 0 Å². The molecule has 0 fully saturated rings. The zero-order valence-electron chi connectivity index (χ0n) is 15.5. The molecular formula is C23H23NO2S. The summed E-state index contributed by atoms with van der Waals surface area (Å²) in [5, 5.41) is 1.12. The van der Waals surface area contributed by atoms with E-state index in [1.54, 1.807) is 11.8 Å². The summed E-state index contributed by atoms with van der Waals surface area (Å²) in [6.45, 7) is 2.56. The molecule has 0 radical (unpaired) electrons. The van der Waals surface area contributed by atoms with Crippen LogP contribution in [0, 0.1) is 5.92 Å². The first-order chi connectivity index (χ1) is 13.2. The number of thioether (sulfide) groups is 1. The molecule has 0 amide bonds. The number of pyridine rings is 1. The van der Waals surface area contributed by atoms with Crippen molar-refractivity contribution in [3.05, 3.63) is 65.9 Å². The van der Waals surface area contributed by atoms with Crippen LogP contribution < -0.4 is 4.74 Å². The average Bonchev–Trinajstić information content (AvgIpc) is 2.72. The quantitative estimate of drug-likeness (QED) is 0.535. The molecule has 1 aliphatic heterocycles. The van der Waals surface area contributed by atoms with Gasteiger partial charge in [0.15, 0.2) is 5.78 Å². The first kappa shape index (κ1) is 18.1. The monoisotopic (exact) mass is 377 g/mol. The highest BCUT2D eigenvalue weighted by molar-refractivity contribution is 7.99. The fraction of sp³-hybridized carbons (Fsp3) is 0.304. The number of hydrogen-bond acceptors (Lipinski definition) is 4. The van der Waals surface area contributed by atoms with Crippen molar-refractivity contribution in [3.8, 4) is 5.75 Å². The Morgan fingerprint density at radius 3 is 2.93 bits per heavy atom. The maximum atomic E-state index is 12.8. The zero-order valence-corrected chi connectivity index (χ0v) is 16.3. The summed E-state index contributed by atoms with van der Waals surface area (Å²) in [4.78, 5) is 18.5. The van der Waals surface area contributed by atoms with E-state index in [0.29, 0.717) is 6.61 Å². The maximum absolute atomic E-state index is 12.8. The van der Waals surface area contributed by atoms with E-state index in [9.17, 15) is 4.79 Å². The van der Waals surface area contributed by atoms with Crippen LogP contribution in [0.3, 0.4) is 0 Å². The van der Waals surface area contributed by atoms with Gasteiger partial charge in [0.25, 0.3) is 0 Å². The van der Waals surface area contributed by atoms with Gasteiger partial charge in [0.05, 0.1) is 11.2 Å². The lowest BCUT2D eigenvalue weighted by molar-refractivity contribution is 0.0919. The van der Waals surface area contributed by atoms with Crippen LogP contribution in [0.5, 0.6) is 5.75 Å². The minimum Gasteiger partial charge on any atom is -0.487 e. The second kappa shape index (κ2) is 8.13. The maximum Gasteiger partial charge on any atom is 0.168 e. The van der Waals surface area contributed by atoms with Crippen molar-refractivity contribution < 1.29 is 9.53 Å². The van der Waals surface area contributed by atoms with Gasteiger partial charge >= 0.3 is 0 Å². The number of hydrogen-bond donors (Lipinski definition) is 0. The van der Waals surface area contributed by atoms with Gasteiger partial charge in [0, 0.05) is 27.5 Å². The minimum absolute atomic E-state index is 0.139. The number of fused-ring (bicyclic) bond motifs is 2. The molecule has 3 aromatic rings. The lowest BCUT2D eigenvalue weighted by Gasteiger charge is -2.23. The zero-order chi connectivity index (χ0) is 18.6. The van der Waals surface area contributed by atoms with E-state index in [0.717, 1.165) is 57.8 Å². The van der Waals surface area contributed by atoms with E-state index < -0.39 is 0 Å². The standard InChI is InChI=1S/C23H23NO2S/c1-2-3-6-17-15-27-22-12-11-19(13-20(22)23(17)25)26-14-18-10-9-16-7-4-5-8-21(16)24-18/h4-5,7-13,17H,2-3,6,14-15H2,1H3. The number of Topliss-reactive ketones (excluding diaryl/α,β-unsaturated/α-hetero) is 1. The lowest BCUT2D eigenvalue weighted by Crippen LogP contribution is -2.22. The molecule has 1 aliphatic rings. The number of carbonyl (C=O) groups excluding carboxylic acids is 1. The molecule has 0 N–H and O–H groups in total. The number of ether oxygens (including phenoxy) is 1. The van der Waals surface area contributed by atoms with Crippen molar-refractivity contribution in [2.24, 2.45) is 5.92 Å². The molecule has 27 heavy (non-hydrogen) atoms. The van der Waals surface area contributed by atoms with Gasteiger partial charge in [0.2, 0.25) is 0 Å². The SMILES string of the molecule is CCCCC1CSc2ccc(OCc3ccc4ccccc4n3)cc2C1=O. The van der Waals surface area contributed by atoms with Gasteiger partial charge < -0.3 is 4.74 Å². The number of ketones is 1. The molecule has 3 nitrogen and oxygen atoms in total. The summed E-state index contributed by atoms with van der Waals surface area (Å²) in [5.41, 5.74) is 2.67. The number of unbranched alkanes of at least 4 members (excludes halogenated alkanes) is 1. The van der Waals surface area contributed by atoms with E-state index >= 15 is 0 Å². The Labute approximate surface area is 164 Å². The Morgan fingerprint density at radius 1 is 1.15 bits per heavy atom. The molecule has 2 aromatic carbocycles. The van der Waals surface area contributed by atoms with E-state index in [2.05, 4.69) is 24.0 Å². The number of rotatable bonds is 6. The Morgan fingerprint density at radius 2 is 2.04 bits per heavy atom. The molecule has 2 heterocycles. The average molecular weight is 378 g/mol. The van der Waals surface area contributed by atoms with Crippen LogP contribution in [-0.4, -0.2) is 16.5 Å². The van der Waals surface area contributed by atoms with Crippen LogP contribution in [0.1, 0.15) is 42.2 Å². The topological polar surface area (TPSA) is 39.2 Å². The van der Waals surface area contributed by atoms with Gasteiger partial charge in [-0.25, -0.2) is 4.98 Å². The van der Waals surface area contributed by atoms with Gasteiger partial charge in [0.1, 0.15) is 12.4 Å². The molecule has 0 bridgehead atoms. The fourth-order valence-corrected chi connectivity index (χ4v) is 4.59. The van der Waals surface area contributed by atoms with Crippen molar-refractivity contribution in [2.75, 3.05) is 5.75 Å². The van der Waals surface area contributed by atoms with Crippen molar-refractivity contribution in [1.82, 2.24) is 4.98 Å². The third-order valence-corrected chi connectivity index (χ3v) is 6.21. The number of aromatic nitrogens is 1. The predicted octanol–water partition coefficient (Wildman–Crippen LogP) is 5.91. The summed E-state index contributed by atoms with van der Waals surface area (Å²) < 4.78 is 5.95. The Bertz CT molecular complexity index is 970. The summed E-state index contributed by atoms with van der Waals surface area (Å²) in [7, 11) is 0. The fourth-order valence-electron chi connectivity index (χ4n) is 3.41. The molecular weight excluding hydrogens is 354 g/mol. The highest BCUT2D eigenvalue weighted by Gasteiger charge is 2.27. The summed E-state index contributed by atoms with van der Waals surface area (Å²) in [5.74, 6) is 2.03. The number of para-hydroxylation sites is 1. The molecule has 4 heteroatoms. The molecule has 0 spiro atoms. The number of benzene rings is 2. The van der Waals surface area contributed by atoms with E-state index in [-0.39, 0.29) is 11.7 Å². The van der Waals surface area contributed by atoms with E-state index in [1.807, 2.05) is 42.5 Å². The molecule has 4 rings (SSSR count). The summed E-state index contributed by atoms with van der Waals surface area (Å²) in [6, 6.07) is 18.0. The van der Waals surface area contributed by atoms with Crippen molar-refractivity contribution >= 4 is 28.4 Å². The molecule has 138 valence electrons. The first-order valence-electron chi connectivity index (χ1n) is 9.53. The molecule has 0 saturated carbocycles. The van der Waals surface area contributed by atoms with Gasteiger partial charge in [-0.15, -0.1) is 11.8 Å². The van der Waals surface area contributed by atoms with E-state index in [1.165, 1.54) is 0 Å². The predicted molar refractivity (Wildman–Crippen MR) is 111 cm³/mol. The van der Waals surface area contributed by atoms with Crippen LogP contribution in [0.4, 0.5) is 0 Å². The molecule has 1 aromatic heterocycles. The van der Waals surface area contributed by atoms with Gasteiger partial charge in [-0.3, -0.25) is 4.79 Å². The van der Waals surface area contributed by atoms with E-state index in [4.69, 9.17) is 4.74 Å². The highest BCUT2D eigenvalue weighted by Crippen LogP contribution is 2.36. The van der Waals surface area contributed by atoms with Gasteiger partial charge in [-0.1, -0.05) is 44.0 Å². The smallest absolute Gasteiger partial charge is 0.168 e. The van der Waals surface area contributed by atoms with Crippen LogP contribution in [0.2, 0.25) is 0 Å². The van der Waals surface area contributed by atoms with Crippen LogP contribution in [0.15, 0.2) is 59.5 Å².